The highest BCUT2D eigenvalue weighted by atomic mass is 32.1. The van der Waals surface area contributed by atoms with Crippen molar-refractivity contribution >= 4 is 34.5 Å². The Morgan fingerprint density at radius 3 is 2.77 bits per heavy atom. The minimum Gasteiger partial charge on any atom is -0.497 e. The van der Waals surface area contributed by atoms with Crippen LogP contribution in [0.2, 0.25) is 0 Å². The maximum absolute atomic E-state index is 13.1. The molecule has 2 unspecified atom stereocenters. The second-order valence-electron chi connectivity index (χ2n) is 6.12. The summed E-state index contributed by atoms with van der Waals surface area (Å²) in [5, 5.41) is 12.1. The third kappa shape index (κ3) is 2.90. The van der Waals surface area contributed by atoms with Gasteiger partial charge in [-0.2, -0.15) is 5.10 Å². The van der Waals surface area contributed by atoms with E-state index >= 15 is 0 Å². The Morgan fingerprint density at radius 2 is 2.08 bits per heavy atom. The van der Waals surface area contributed by atoms with Crippen LogP contribution in [0.5, 0.6) is 5.75 Å². The van der Waals surface area contributed by atoms with Crippen molar-refractivity contribution in [3.05, 3.63) is 58.4 Å². The molecule has 4 rings (SSSR count). The Labute approximate surface area is 154 Å². The molecule has 1 aromatic carbocycles. The van der Waals surface area contributed by atoms with E-state index in [0.29, 0.717) is 0 Å². The van der Waals surface area contributed by atoms with Crippen molar-refractivity contribution < 1.29 is 9.53 Å². The predicted octanol–water partition coefficient (Wildman–Crippen LogP) is 3.97. The second-order valence-corrected chi connectivity index (χ2v) is 7.09. The number of hydrogen-bond acceptors (Lipinski definition) is 5. The van der Waals surface area contributed by atoms with Gasteiger partial charge in [0, 0.05) is 27.8 Å². The van der Waals surface area contributed by atoms with Gasteiger partial charge in [0.1, 0.15) is 5.75 Å². The summed E-state index contributed by atoms with van der Waals surface area (Å²) >= 11 is 1.64. The average molecular weight is 366 g/mol. The number of anilines is 1. The molecular weight excluding hydrogens is 348 g/mol. The molecule has 0 bridgehead atoms. The zero-order valence-corrected chi connectivity index (χ0v) is 15.2. The molecule has 1 amide bonds. The van der Waals surface area contributed by atoms with Crippen molar-refractivity contribution in [2.24, 2.45) is 10.9 Å². The number of nitrogens with zero attached hydrogens (tertiary/aromatic N) is 2. The monoisotopic (exact) mass is 366 g/mol. The molecule has 0 radical (unpaired) electrons. The molecule has 0 aliphatic carbocycles. The summed E-state index contributed by atoms with van der Waals surface area (Å²) < 4.78 is 5.16. The van der Waals surface area contributed by atoms with Crippen molar-refractivity contribution in [1.82, 2.24) is 10.2 Å². The molecule has 2 aromatic heterocycles. The lowest BCUT2D eigenvalue weighted by atomic mass is 9.80. The largest absolute Gasteiger partial charge is 0.497 e. The third-order valence-corrected chi connectivity index (χ3v) is 5.50. The van der Waals surface area contributed by atoms with Crippen LogP contribution in [-0.4, -0.2) is 28.9 Å². The number of hydrogen-bond donors (Lipinski definition) is 2. The van der Waals surface area contributed by atoms with Crippen LogP contribution in [0.15, 0.2) is 53.0 Å². The molecule has 7 heteroatoms. The van der Waals surface area contributed by atoms with Gasteiger partial charge in [-0.05, 0) is 42.6 Å². The molecule has 3 aromatic rings. The number of carbonyl (C=O) groups excluding carboxylic acids is 1. The summed E-state index contributed by atoms with van der Waals surface area (Å²) in [6.07, 6.45) is 1.77. The Hall–Kier alpha value is -2.93. The molecular formula is C19H18N4O2S. The van der Waals surface area contributed by atoms with Gasteiger partial charge in [-0.25, -0.2) is 4.99 Å². The molecule has 2 atom stereocenters. The van der Waals surface area contributed by atoms with Crippen molar-refractivity contribution in [2.45, 2.75) is 12.8 Å². The Bertz CT molecular complexity index is 944. The number of aromatic amines is 1. The number of benzene rings is 1. The van der Waals surface area contributed by atoms with Gasteiger partial charge in [-0.1, -0.05) is 6.07 Å². The van der Waals surface area contributed by atoms with Gasteiger partial charge in [-0.15, -0.1) is 11.3 Å². The number of rotatable bonds is 4. The highest BCUT2D eigenvalue weighted by Crippen LogP contribution is 2.43. The first kappa shape index (κ1) is 16.5. The molecule has 6 nitrogen and oxygen atoms in total. The molecule has 132 valence electrons. The van der Waals surface area contributed by atoms with E-state index < -0.39 is 0 Å². The van der Waals surface area contributed by atoms with Gasteiger partial charge in [0.15, 0.2) is 5.82 Å². The Morgan fingerprint density at radius 1 is 1.27 bits per heavy atom. The van der Waals surface area contributed by atoms with Crippen LogP contribution in [0.4, 0.5) is 11.5 Å². The molecule has 3 heterocycles. The fourth-order valence-corrected chi connectivity index (χ4v) is 4.17. The van der Waals surface area contributed by atoms with Crippen LogP contribution in [-0.2, 0) is 4.79 Å². The molecule has 1 aliphatic heterocycles. The lowest BCUT2D eigenvalue weighted by molar-refractivity contribution is -0.118. The summed E-state index contributed by atoms with van der Waals surface area (Å²) in [5.74, 6) is 0.911. The van der Waals surface area contributed by atoms with Crippen LogP contribution in [0.3, 0.4) is 0 Å². The van der Waals surface area contributed by atoms with Gasteiger partial charge in [0.25, 0.3) is 0 Å². The number of amides is 1. The second kappa shape index (κ2) is 6.76. The van der Waals surface area contributed by atoms with Gasteiger partial charge in [-0.3, -0.25) is 9.89 Å². The van der Waals surface area contributed by atoms with Crippen LogP contribution in [0.1, 0.15) is 23.3 Å². The minimum atomic E-state index is -0.388. The molecule has 0 saturated heterocycles. The quantitative estimate of drug-likeness (QED) is 0.733. The molecule has 1 aliphatic rings. The summed E-state index contributed by atoms with van der Waals surface area (Å²) in [6.45, 7) is 1.89. The van der Waals surface area contributed by atoms with E-state index in [2.05, 4.69) is 26.6 Å². The third-order valence-electron chi connectivity index (χ3n) is 4.54. The lowest BCUT2D eigenvalue weighted by Gasteiger charge is -2.28. The van der Waals surface area contributed by atoms with Gasteiger partial charge in [0.05, 0.1) is 19.2 Å². The number of carbonyl (C=O) groups is 1. The van der Waals surface area contributed by atoms with E-state index in [4.69, 9.17) is 4.74 Å². The predicted molar refractivity (Wildman–Crippen MR) is 103 cm³/mol. The van der Waals surface area contributed by atoms with Crippen molar-refractivity contribution in [3.63, 3.8) is 0 Å². The van der Waals surface area contributed by atoms with Crippen LogP contribution >= 0.6 is 11.3 Å². The number of fused-ring (bicyclic) bond motifs is 1. The number of ether oxygens (including phenoxy) is 1. The maximum atomic E-state index is 13.1. The first-order chi connectivity index (χ1) is 12.7. The zero-order chi connectivity index (χ0) is 18.1. The Balaban J connectivity index is 1.67. The van der Waals surface area contributed by atoms with Crippen molar-refractivity contribution in [2.75, 3.05) is 12.4 Å². The van der Waals surface area contributed by atoms with E-state index in [0.717, 1.165) is 33.4 Å². The maximum Gasteiger partial charge on any atom is 0.234 e. The topological polar surface area (TPSA) is 79.4 Å². The fraction of sp³-hybridized carbons (Fsp3) is 0.211. The van der Waals surface area contributed by atoms with Crippen LogP contribution < -0.4 is 10.1 Å². The minimum absolute atomic E-state index is 0.0818. The van der Waals surface area contributed by atoms with E-state index in [1.807, 2.05) is 42.6 Å². The summed E-state index contributed by atoms with van der Waals surface area (Å²) in [5.41, 5.74) is 2.45. The van der Waals surface area contributed by atoms with Gasteiger partial charge >= 0.3 is 0 Å². The lowest BCUT2D eigenvalue weighted by Crippen LogP contribution is -2.35. The molecule has 2 N–H and O–H groups in total. The average Bonchev–Trinajstić information content (AvgIpc) is 3.32. The fourth-order valence-electron chi connectivity index (χ4n) is 3.29. The number of H-pyrrole nitrogens is 1. The van der Waals surface area contributed by atoms with Gasteiger partial charge in [0.2, 0.25) is 5.91 Å². The first-order valence-corrected chi connectivity index (χ1v) is 9.12. The highest BCUT2D eigenvalue weighted by Gasteiger charge is 2.39. The smallest absolute Gasteiger partial charge is 0.234 e. The Kier molecular flexibility index (Phi) is 4.30. The van der Waals surface area contributed by atoms with Crippen molar-refractivity contribution in [1.29, 1.82) is 0 Å². The van der Waals surface area contributed by atoms with E-state index in [9.17, 15) is 4.79 Å². The zero-order valence-electron chi connectivity index (χ0n) is 14.4. The molecule has 0 fully saturated rings. The van der Waals surface area contributed by atoms with Crippen molar-refractivity contribution in [3.8, 4) is 5.75 Å². The number of aliphatic imine (C=N–C) groups is 1. The number of aromatic nitrogens is 2. The summed E-state index contributed by atoms with van der Waals surface area (Å²) in [4.78, 5) is 18.8. The SMILES string of the molecule is COc1ccc(NC(=O)C2C(C)=Nc3[nH]ncc3C2c2cccs2)cc1. The highest BCUT2D eigenvalue weighted by molar-refractivity contribution is 7.10. The standard InChI is InChI=1S/C19H18N4O2S/c1-11-16(19(24)22-12-5-7-13(25-2)8-6-12)17(15-4-3-9-26-15)14-10-20-23-18(14)21-11/h3-10,16-17H,1-2H3,(H,20,23)(H,22,24). The van der Waals surface area contributed by atoms with E-state index in [1.165, 1.54) is 0 Å². The normalized spacial score (nSPS) is 18.8. The van der Waals surface area contributed by atoms with Crippen LogP contribution in [0.25, 0.3) is 0 Å². The number of nitrogens with one attached hydrogen (secondary N) is 2. The molecule has 26 heavy (non-hydrogen) atoms. The van der Waals surface area contributed by atoms with Gasteiger partial charge < -0.3 is 10.1 Å². The van der Waals surface area contributed by atoms with E-state index in [1.54, 1.807) is 24.6 Å². The molecule has 0 saturated carbocycles. The summed E-state index contributed by atoms with van der Waals surface area (Å²) in [7, 11) is 1.61. The van der Waals surface area contributed by atoms with E-state index in [-0.39, 0.29) is 17.7 Å². The van der Waals surface area contributed by atoms with Crippen LogP contribution in [0, 0.1) is 5.92 Å². The molecule has 0 spiro atoms. The number of methoxy groups -OCH3 is 1. The number of thiophene rings is 1. The first-order valence-electron chi connectivity index (χ1n) is 8.24. The summed E-state index contributed by atoms with van der Waals surface area (Å²) in [6, 6.07) is 11.4.